The summed E-state index contributed by atoms with van der Waals surface area (Å²) in [4.78, 5) is 28.5. The number of carbonyl (C=O) groups is 2. The summed E-state index contributed by atoms with van der Waals surface area (Å²) < 4.78 is 0. The van der Waals surface area contributed by atoms with E-state index in [1.165, 1.54) is 0 Å². The molecule has 6 heteroatoms. The van der Waals surface area contributed by atoms with Gasteiger partial charge in [0.25, 0.3) is 5.91 Å². The summed E-state index contributed by atoms with van der Waals surface area (Å²) >= 11 is 0. The van der Waals surface area contributed by atoms with Crippen LogP contribution in [0.5, 0.6) is 0 Å². The van der Waals surface area contributed by atoms with E-state index in [0.717, 1.165) is 12.1 Å². The molecule has 0 saturated carbocycles. The van der Waals surface area contributed by atoms with E-state index in [2.05, 4.69) is 4.98 Å². The maximum Gasteiger partial charge on any atom is 0.326 e. The number of carbonyl (C=O) groups excluding carboxylic acids is 1. The van der Waals surface area contributed by atoms with Crippen LogP contribution >= 0.6 is 0 Å². The molecule has 1 unspecified atom stereocenters. The molecule has 0 aromatic carbocycles. The zero-order valence-electron chi connectivity index (χ0n) is 10.1. The van der Waals surface area contributed by atoms with Crippen molar-refractivity contribution in [2.75, 3.05) is 11.4 Å². The molecule has 0 aliphatic carbocycles. The number of primary amides is 1. The van der Waals surface area contributed by atoms with Gasteiger partial charge in [-0.1, -0.05) is 0 Å². The quantitative estimate of drug-likeness (QED) is 0.815. The Hall–Kier alpha value is -2.11. The zero-order chi connectivity index (χ0) is 13.3. The zero-order valence-corrected chi connectivity index (χ0v) is 10.1. The fourth-order valence-electron chi connectivity index (χ4n) is 2.23. The van der Waals surface area contributed by atoms with Crippen molar-refractivity contribution < 1.29 is 14.7 Å². The van der Waals surface area contributed by atoms with Crippen molar-refractivity contribution in [3.05, 3.63) is 23.4 Å². The van der Waals surface area contributed by atoms with Crippen molar-refractivity contribution in [2.45, 2.75) is 25.8 Å². The van der Waals surface area contributed by atoms with Crippen molar-refractivity contribution in [3.63, 3.8) is 0 Å². The predicted molar refractivity (Wildman–Crippen MR) is 65.5 cm³/mol. The third kappa shape index (κ3) is 2.13. The Morgan fingerprint density at radius 3 is 2.83 bits per heavy atom. The van der Waals surface area contributed by atoms with E-state index in [9.17, 15) is 9.59 Å². The van der Waals surface area contributed by atoms with Crippen molar-refractivity contribution >= 4 is 17.7 Å². The van der Waals surface area contributed by atoms with Gasteiger partial charge in [-0.2, -0.15) is 0 Å². The SMILES string of the molecule is Cc1ccc(C(N)=O)c(N2CCCC2C(=O)O)n1. The summed E-state index contributed by atoms with van der Waals surface area (Å²) in [5.74, 6) is -1.10. The maximum absolute atomic E-state index is 11.4. The first-order chi connectivity index (χ1) is 8.50. The van der Waals surface area contributed by atoms with Gasteiger partial charge in [-0.05, 0) is 31.9 Å². The van der Waals surface area contributed by atoms with E-state index in [4.69, 9.17) is 10.8 Å². The number of nitrogens with zero attached hydrogens (tertiary/aromatic N) is 2. The van der Waals surface area contributed by atoms with Crippen LogP contribution in [0, 0.1) is 6.92 Å². The summed E-state index contributed by atoms with van der Waals surface area (Å²) in [5, 5.41) is 9.16. The van der Waals surface area contributed by atoms with E-state index in [-0.39, 0.29) is 5.56 Å². The minimum atomic E-state index is -0.897. The van der Waals surface area contributed by atoms with Gasteiger partial charge in [0.2, 0.25) is 0 Å². The summed E-state index contributed by atoms with van der Waals surface area (Å²) in [7, 11) is 0. The fraction of sp³-hybridized carbons (Fsp3) is 0.417. The molecule has 1 aliphatic heterocycles. The maximum atomic E-state index is 11.4. The molecule has 2 heterocycles. The summed E-state index contributed by atoms with van der Waals surface area (Å²) in [6.07, 6.45) is 1.33. The number of nitrogens with two attached hydrogens (primary N) is 1. The fourth-order valence-corrected chi connectivity index (χ4v) is 2.23. The summed E-state index contributed by atoms with van der Waals surface area (Å²) in [6, 6.07) is 2.66. The van der Waals surface area contributed by atoms with Crippen LogP contribution in [-0.2, 0) is 4.79 Å². The Morgan fingerprint density at radius 1 is 1.50 bits per heavy atom. The second kappa shape index (κ2) is 4.64. The van der Waals surface area contributed by atoms with Crippen LogP contribution in [0.1, 0.15) is 28.9 Å². The molecular weight excluding hydrogens is 234 g/mol. The summed E-state index contributed by atoms with van der Waals surface area (Å²) in [6.45, 7) is 2.37. The third-order valence-electron chi connectivity index (χ3n) is 3.09. The number of hydrogen-bond donors (Lipinski definition) is 2. The highest BCUT2D eigenvalue weighted by Crippen LogP contribution is 2.27. The van der Waals surface area contributed by atoms with Gasteiger partial charge in [-0.25, -0.2) is 9.78 Å². The number of hydrogen-bond acceptors (Lipinski definition) is 4. The molecule has 1 fully saturated rings. The van der Waals surface area contributed by atoms with Crippen LogP contribution < -0.4 is 10.6 Å². The number of carboxylic acids is 1. The van der Waals surface area contributed by atoms with Gasteiger partial charge >= 0.3 is 5.97 Å². The van der Waals surface area contributed by atoms with Crippen molar-refractivity contribution in [1.29, 1.82) is 0 Å². The monoisotopic (exact) mass is 249 g/mol. The number of rotatable bonds is 3. The largest absolute Gasteiger partial charge is 0.480 e. The molecule has 0 spiro atoms. The van der Waals surface area contributed by atoms with Crippen LogP contribution in [0.25, 0.3) is 0 Å². The van der Waals surface area contributed by atoms with Crippen LogP contribution in [0.4, 0.5) is 5.82 Å². The highest BCUT2D eigenvalue weighted by atomic mass is 16.4. The number of anilines is 1. The number of aromatic nitrogens is 1. The predicted octanol–water partition coefficient (Wildman–Crippen LogP) is 0.542. The van der Waals surface area contributed by atoms with Gasteiger partial charge in [-0.3, -0.25) is 4.79 Å². The molecule has 18 heavy (non-hydrogen) atoms. The molecular formula is C12H15N3O3. The first-order valence-electron chi connectivity index (χ1n) is 5.77. The van der Waals surface area contributed by atoms with E-state index < -0.39 is 17.9 Å². The normalized spacial score (nSPS) is 18.9. The van der Waals surface area contributed by atoms with Gasteiger partial charge in [-0.15, -0.1) is 0 Å². The number of aryl methyl sites for hydroxylation is 1. The average molecular weight is 249 g/mol. The molecule has 6 nitrogen and oxygen atoms in total. The summed E-state index contributed by atoms with van der Waals surface area (Å²) in [5.41, 5.74) is 6.30. The molecule has 2 rings (SSSR count). The molecule has 0 bridgehead atoms. The first kappa shape index (κ1) is 12.3. The Morgan fingerprint density at radius 2 is 2.22 bits per heavy atom. The number of carboxylic acid groups (broad SMARTS) is 1. The van der Waals surface area contributed by atoms with Gasteiger partial charge in [0.1, 0.15) is 11.9 Å². The molecule has 1 aromatic heterocycles. The van der Waals surface area contributed by atoms with Crippen molar-refractivity contribution in [3.8, 4) is 0 Å². The first-order valence-corrected chi connectivity index (χ1v) is 5.77. The number of amides is 1. The van der Waals surface area contributed by atoms with Crippen LogP contribution in [-0.4, -0.2) is 34.6 Å². The Kier molecular flexibility index (Phi) is 3.18. The van der Waals surface area contributed by atoms with E-state index in [1.807, 2.05) is 0 Å². The Labute approximate surface area is 104 Å². The van der Waals surface area contributed by atoms with E-state index >= 15 is 0 Å². The average Bonchev–Trinajstić information content (AvgIpc) is 2.77. The molecule has 1 atom stereocenters. The standard InChI is InChI=1S/C12H15N3O3/c1-7-4-5-8(10(13)16)11(14-7)15-6-2-3-9(15)12(17)18/h4-5,9H,2-3,6H2,1H3,(H2,13,16)(H,17,18). The van der Waals surface area contributed by atoms with Gasteiger partial charge < -0.3 is 15.7 Å². The minimum absolute atomic E-state index is 0.272. The van der Waals surface area contributed by atoms with Crippen LogP contribution in [0.3, 0.4) is 0 Å². The molecule has 1 amide bonds. The van der Waals surface area contributed by atoms with Crippen LogP contribution in [0.15, 0.2) is 12.1 Å². The Balaban J connectivity index is 2.46. The van der Waals surface area contributed by atoms with Gasteiger partial charge in [0.05, 0.1) is 5.56 Å². The second-order valence-corrected chi connectivity index (χ2v) is 4.38. The highest BCUT2D eigenvalue weighted by molar-refractivity contribution is 5.98. The lowest BCUT2D eigenvalue weighted by Gasteiger charge is -2.24. The molecule has 1 saturated heterocycles. The number of aliphatic carboxylic acids is 1. The molecule has 0 radical (unpaired) electrons. The highest BCUT2D eigenvalue weighted by Gasteiger charge is 2.33. The second-order valence-electron chi connectivity index (χ2n) is 4.38. The lowest BCUT2D eigenvalue weighted by molar-refractivity contribution is -0.138. The molecule has 1 aromatic rings. The third-order valence-corrected chi connectivity index (χ3v) is 3.09. The van der Waals surface area contributed by atoms with Gasteiger partial charge in [0.15, 0.2) is 0 Å². The number of pyridine rings is 1. The van der Waals surface area contributed by atoms with Crippen molar-refractivity contribution in [1.82, 2.24) is 4.98 Å². The molecule has 3 N–H and O–H groups in total. The van der Waals surface area contributed by atoms with Crippen molar-refractivity contribution in [2.24, 2.45) is 5.73 Å². The van der Waals surface area contributed by atoms with Gasteiger partial charge in [0, 0.05) is 12.2 Å². The van der Waals surface area contributed by atoms with E-state index in [0.29, 0.717) is 18.8 Å². The Bertz CT molecular complexity index is 501. The molecule has 96 valence electrons. The lowest BCUT2D eigenvalue weighted by Crippen LogP contribution is -2.38. The van der Waals surface area contributed by atoms with Crippen LogP contribution in [0.2, 0.25) is 0 Å². The lowest BCUT2D eigenvalue weighted by atomic mass is 10.2. The minimum Gasteiger partial charge on any atom is -0.480 e. The smallest absolute Gasteiger partial charge is 0.326 e. The topological polar surface area (TPSA) is 96.5 Å². The van der Waals surface area contributed by atoms with E-state index in [1.54, 1.807) is 24.0 Å². The molecule has 1 aliphatic rings.